The van der Waals surface area contributed by atoms with Crippen molar-refractivity contribution in [3.63, 3.8) is 0 Å². The van der Waals surface area contributed by atoms with E-state index in [1.54, 1.807) is 0 Å². The van der Waals surface area contributed by atoms with Crippen molar-refractivity contribution in [2.24, 2.45) is 5.92 Å². The minimum absolute atomic E-state index is 0.226. The van der Waals surface area contributed by atoms with Crippen LogP contribution >= 0.6 is 11.6 Å². The minimum Gasteiger partial charge on any atom is -0.394 e. The van der Waals surface area contributed by atoms with E-state index in [0.717, 1.165) is 18.9 Å². The van der Waals surface area contributed by atoms with Crippen molar-refractivity contribution in [2.75, 3.05) is 17.6 Å². The Labute approximate surface area is 114 Å². The van der Waals surface area contributed by atoms with E-state index < -0.39 is 0 Å². The van der Waals surface area contributed by atoms with Gasteiger partial charge in [0.25, 0.3) is 0 Å². The van der Waals surface area contributed by atoms with Crippen LogP contribution < -0.4 is 11.1 Å². The molecule has 0 aliphatic heterocycles. The maximum atomic E-state index is 5.74. The third-order valence-electron chi connectivity index (χ3n) is 2.79. The lowest BCUT2D eigenvalue weighted by molar-refractivity contribution is 0.523. The first kappa shape index (κ1) is 15.0. The number of anilines is 2. The minimum atomic E-state index is 0.226. The van der Waals surface area contributed by atoms with Crippen LogP contribution in [0.1, 0.15) is 46.0 Å². The van der Waals surface area contributed by atoms with Crippen LogP contribution in [0.2, 0.25) is 5.28 Å². The molecule has 3 N–H and O–H groups in total. The highest BCUT2D eigenvalue weighted by Crippen LogP contribution is 2.16. The molecule has 1 aromatic rings. The molecule has 0 spiro atoms. The van der Waals surface area contributed by atoms with Gasteiger partial charge in [0.2, 0.25) is 5.28 Å². The van der Waals surface area contributed by atoms with Crippen molar-refractivity contribution in [3.8, 4) is 0 Å². The van der Waals surface area contributed by atoms with Gasteiger partial charge in [-0.15, -0.1) is 0 Å². The lowest BCUT2D eigenvalue weighted by Gasteiger charge is -2.08. The van der Waals surface area contributed by atoms with Crippen LogP contribution in [0.15, 0.2) is 6.20 Å². The topological polar surface area (TPSA) is 63.8 Å². The van der Waals surface area contributed by atoms with Crippen LogP contribution in [0, 0.1) is 5.92 Å². The Morgan fingerprint density at radius 3 is 2.72 bits per heavy atom. The van der Waals surface area contributed by atoms with Gasteiger partial charge in [-0.25, -0.2) is 4.98 Å². The van der Waals surface area contributed by atoms with Crippen molar-refractivity contribution >= 4 is 23.1 Å². The number of unbranched alkanes of at least 4 members (excludes halogenated alkanes) is 3. The molecule has 0 bridgehead atoms. The van der Waals surface area contributed by atoms with Crippen molar-refractivity contribution in [1.82, 2.24) is 9.97 Å². The van der Waals surface area contributed by atoms with Gasteiger partial charge in [0.05, 0.1) is 11.9 Å². The normalized spacial score (nSPS) is 10.9. The average Bonchev–Trinajstić information content (AvgIpc) is 2.32. The molecule has 0 unspecified atom stereocenters. The SMILES string of the molecule is CC(C)CCCCCCNc1nc(Cl)ncc1N. The Hall–Kier alpha value is -1.03. The quantitative estimate of drug-likeness (QED) is 0.558. The lowest BCUT2D eigenvalue weighted by Crippen LogP contribution is -2.07. The number of halogens is 1. The standard InChI is InChI=1S/C13H23ClN4/c1-10(2)7-5-3-4-6-8-16-12-11(15)9-17-13(14)18-12/h9-10H,3-8,15H2,1-2H3,(H,16,17,18). The summed E-state index contributed by atoms with van der Waals surface area (Å²) in [5, 5.41) is 3.42. The third kappa shape index (κ3) is 6.05. The fourth-order valence-corrected chi connectivity index (χ4v) is 1.88. The summed E-state index contributed by atoms with van der Waals surface area (Å²) >= 11 is 5.71. The van der Waals surface area contributed by atoms with E-state index in [1.807, 2.05) is 0 Å². The predicted molar refractivity (Wildman–Crippen MR) is 77.9 cm³/mol. The van der Waals surface area contributed by atoms with Crippen molar-refractivity contribution in [3.05, 3.63) is 11.5 Å². The second-order valence-corrected chi connectivity index (χ2v) is 5.30. The third-order valence-corrected chi connectivity index (χ3v) is 2.97. The van der Waals surface area contributed by atoms with Crippen LogP contribution in [-0.2, 0) is 0 Å². The van der Waals surface area contributed by atoms with Crippen LogP contribution in [0.25, 0.3) is 0 Å². The molecule has 0 amide bonds. The zero-order valence-electron chi connectivity index (χ0n) is 11.2. The number of rotatable bonds is 8. The molecule has 0 aliphatic carbocycles. The number of nitrogens with two attached hydrogens (primary N) is 1. The second-order valence-electron chi connectivity index (χ2n) is 4.97. The molecule has 1 rings (SSSR count). The molecular weight excluding hydrogens is 248 g/mol. The molecule has 0 aromatic carbocycles. The molecule has 0 aliphatic rings. The summed E-state index contributed by atoms with van der Waals surface area (Å²) in [7, 11) is 0. The highest BCUT2D eigenvalue weighted by Gasteiger charge is 2.02. The van der Waals surface area contributed by atoms with Crippen LogP contribution in [0.4, 0.5) is 11.5 Å². The van der Waals surface area contributed by atoms with Crippen LogP contribution in [-0.4, -0.2) is 16.5 Å². The average molecular weight is 271 g/mol. The van der Waals surface area contributed by atoms with Gasteiger partial charge in [0.15, 0.2) is 5.82 Å². The maximum Gasteiger partial charge on any atom is 0.224 e. The van der Waals surface area contributed by atoms with Gasteiger partial charge in [-0.3, -0.25) is 0 Å². The molecule has 18 heavy (non-hydrogen) atoms. The zero-order valence-corrected chi connectivity index (χ0v) is 12.0. The summed E-state index contributed by atoms with van der Waals surface area (Å²) in [5.74, 6) is 1.45. The van der Waals surface area contributed by atoms with E-state index in [0.29, 0.717) is 11.5 Å². The number of nitrogens with zero attached hydrogens (tertiary/aromatic N) is 2. The summed E-state index contributed by atoms with van der Waals surface area (Å²) in [6.07, 6.45) is 7.82. The Balaban J connectivity index is 2.12. The smallest absolute Gasteiger partial charge is 0.224 e. The summed E-state index contributed by atoms with van der Waals surface area (Å²) in [5.41, 5.74) is 6.28. The number of aromatic nitrogens is 2. The number of nitrogens with one attached hydrogen (secondary N) is 1. The molecule has 0 atom stereocenters. The van der Waals surface area contributed by atoms with Gasteiger partial charge in [-0.1, -0.05) is 39.5 Å². The molecule has 0 fully saturated rings. The summed E-state index contributed by atoms with van der Waals surface area (Å²) in [6, 6.07) is 0. The first-order valence-electron chi connectivity index (χ1n) is 6.61. The van der Waals surface area contributed by atoms with Gasteiger partial charge in [0, 0.05) is 6.54 Å². The van der Waals surface area contributed by atoms with E-state index in [4.69, 9.17) is 17.3 Å². The van der Waals surface area contributed by atoms with E-state index in [9.17, 15) is 0 Å². The first-order chi connectivity index (χ1) is 8.59. The van der Waals surface area contributed by atoms with Crippen LogP contribution in [0.5, 0.6) is 0 Å². The number of hydrogen-bond acceptors (Lipinski definition) is 4. The van der Waals surface area contributed by atoms with E-state index in [2.05, 4.69) is 29.1 Å². The van der Waals surface area contributed by atoms with Gasteiger partial charge >= 0.3 is 0 Å². The summed E-state index contributed by atoms with van der Waals surface area (Å²) in [6.45, 7) is 5.41. The van der Waals surface area contributed by atoms with E-state index in [1.165, 1.54) is 31.9 Å². The molecule has 1 heterocycles. The molecule has 0 saturated carbocycles. The lowest BCUT2D eigenvalue weighted by atomic mass is 10.0. The predicted octanol–water partition coefficient (Wildman–Crippen LogP) is 3.73. The maximum absolute atomic E-state index is 5.74. The van der Waals surface area contributed by atoms with Gasteiger partial charge in [-0.05, 0) is 23.9 Å². The molecule has 5 heteroatoms. The number of hydrogen-bond donors (Lipinski definition) is 2. The summed E-state index contributed by atoms with van der Waals surface area (Å²) < 4.78 is 0. The van der Waals surface area contributed by atoms with Gasteiger partial charge < -0.3 is 11.1 Å². The zero-order chi connectivity index (χ0) is 13.4. The van der Waals surface area contributed by atoms with E-state index in [-0.39, 0.29) is 5.28 Å². The molecule has 4 nitrogen and oxygen atoms in total. The number of nitrogen functional groups attached to an aromatic ring is 1. The molecule has 1 aromatic heterocycles. The van der Waals surface area contributed by atoms with Crippen molar-refractivity contribution in [2.45, 2.75) is 46.0 Å². The Morgan fingerprint density at radius 2 is 2.00 bits per heavy atom. The summed E-state index contributed by atoms with van der Waals surface area (Å²) in [4.78, 5) is 7.86. The first-order valence-corrected chi connectivity index (χ1v) is 6.99. The van der Waals surface area contributed by atoms with Gasteiger partial charge in [0.1, 0.15) is 0 Å². The molecule has 0 radical (unpaired) electrons. The highest BCUT2D eigenvalue weighted by atomic mass is 35.5. The fraction of sp³-hybridized carbons (Fsp3) is 0.692. The Morgan fingerprint density at radius 1 is 1.28 bits per heavy atom. The van der Waals surface area contributed by atoms with Crippen molar-refractivity contribution in [1.29, 1.82) is 0 Å². The molecular formula is C13H23ClN4. The largest absolute Gasteiger partial charge is 0.394 e. The van der Waals surface area contributed by atoms with Crippen molar-refractivity contribution < 1.29 is 0 Å². The molecule has 0 saturated heterocycles. The van der Waals surface area contributed by atoms with E-state index >= 15 is 0 Å². The highest BCUT2D eigenvalue weighted by molar-refractivity contribution is 6.28. The monoisotopic (exact) mass is 270 g/mol. The fourth-order valence-electron chi connectivity index (χ4n) is 1.75. The van der Waals surface area contributed by atoms with Gasteiger partial charge in [-0.2, -0.15) is 4.98 Å². The molecule has 102 valence electrons. The Bertz CT molecular complexity index is 355. The van der Waals surface area contributed by atoms with Crippen LogP contribution in [0.3, 0.4) is 0 Å². The second kappa shape index (κ2) is 8.14. The Kier molecular flexibility index (Phi) is 6.80.